The molecule has 6 heteroatoms. The molecule has 2 aromatic rings. The van der Waals surface area contributed by atoms with Crippen LogP contribution < -0.4 is 15.4 Å². The molecule has 0 radical (unpaired) electrons. The number of ketones is 1. The summed E-state index contributed by atoms with van der Waals surface area (Å²) in [7, 11) is 1.51. The van der Waals surface area contributed by atoms with Crippen molar-refractivity contribution in [2.24, 2.45) is 0 Å². The predicted octanol–water partition coefficient (Wildman–Crippen LogP) is 4.13. The van der Waals surface area contributed by atoms with Crippen molar-refractivity contribution in [3.8, 4) is 5.75 Å². The second kappa shape index (κ2) is 9.37. The van der Waals surface area contributed by atoms with E-state index in [4.69, 9.17) is 4.74 Å². The van der Waals surface area contributed by atoms with Crippen molar-refractivity contribution >= 4 is 29.0 Å². The van der Waals surface area contributed by atoms with Crippen LogP contribution in [0.2, 0.25) is 0 Å². The molecule has 0 bridgehead atoms. The molecule has 1 aliphatic carbocycles. The SMILES string of the molecule is COc1ccc(NC(=O)CCC(=O)c2ccc3c(c2)CCCC3)cc1NC(C)=O. The molecule has 6 nitrogen and oxygen atoms in total. The van der Waals surface area contributed by atoms with Crippen molar-refractivity contribution in [3.05, 3.63) is 53.1 Å². The first-order valence-corrected chi connectivity index (χ1v) is 9.87. The summed E-state index contributed by atoms with van der Waals surface area (Å²) < 4.78 is 5.20. The molecule has 2 amide bonds. The highest BCUT2D eigenvalue weighted by Crippen LogP contribution is 2.28. The minimum atomic E-state index is -0.254. The molecule has 2 aromatic carbocycles. The molecule has 0 atom stereocenters. The minimum absolute atomic E-state index is 0.0258. The maximum Gasteiger partial charge on any atom is 0.224 e. The van der Waals surface area contributed by atoms with Gasteiger partial charge in [-0.2, -0.15) is 0 Å². The number of ether oxygens (including phenoxy) is 1. The maximum absolute atomic E-state index is 12.5. The van der Waals surface area contributed by atoms with Crippen molar-refractivity contribution in [2.75, 3.05) is 17.7 Å². The van der Waals surface area contributed by atoms with Gasteiger partial charge in [-0.05, 0) is 61.1 Å². The molecule has 0 aliphatic heterocycles. The molecular weight excluding hydrogens is 368 g/mol. The second-order valence-corrected chi connectivity index (χ2v) is 7.26. The lowest BCUT2D eigenvalue weighted by Crippen LogP contribution is -2.14. The van der Waals surface area contributed by atoms with Gasteiger partial charge in [0, 0.05) is 31.0 Å². The fraction of sp³-hybridized carbons (Fsp3) is 0.348. The van der Waals surface area contributed by atoms with Crippen LogP contribution in [0.1, 0.15) is 54.1 Å². The highest BCUT2D eigenvalue weighted by atomic mass is 16.5. The Balaban J connectivity index is 1.58. The van der Waals surface area contributed by atoms with Gasteiger partial charge in [0.2, 0.25) is 11.8 Å². The van der Waals surface area contributed by atoms with E-state index in [1.807, 2.05) is 18.2 Å². The van der Waals surface area contributed by atoms with Crippen molar-refractivity contribution in [1.82, 2.24) is 0 Å². The Morgan fingerprint density at radius 1 is 0.931 bits per heavy atom. The van der Waals surface area contributed by atoms with Crippen LogP contribution in [0.3, 0.4) is 0 Å². The fourth-order valence-electron chi connectivity index (χ4n) is 3.57. The van der Waals surface area contributed by atoms with Gasteiger partial charge in [-0.1, -0.05) is 12.1 Å². The van der Waals surface area contributed by atoms with Crippen LogP contribution in [-0.2, 0) is 22.4 Å². The van der Waals surface area contributed by atoms with E-state index >= 15 is 0 Å². The van der Waals surface area contributed by atoms with E-state index in [0.29, 0.717) is 22.7 Å². The average molecular weight is 394 g/mol. The van der Waals surface area contributed by atoms with Crippen molar-refractivity contribution < 1.29 is 19.1 Å². The van der Waals surface area contributed by atoms with Crippen molar-refractivity contribution in [1.29, 1.82) is 0 Å². The van der Waals surface area contributed by atoms with E-state index in [1.165, 1.54) is 31.6 Å². The van der Waals surface area contributed by atoms with Gasteiger partial charge in [-0.3, -0.25) is 14.4 Å². The second-order valence-electron chi connectivity index (χ2n) is 7.26. The monoisotopic (exact) mass is 394 g/mol. The number of benzene rings is 2. The van der Waals surface area contributed by atoms with Crippen LogP contribution >= 0.6 is 0 Å². The molecule has 0 saturated carbocycles. The lowest BCUT2D eigenvalue weighted by molar-refractivity contribution is -0.116. The quantitative estimate of drug-likeness (QED) is 0.692. The summed E-state index contributed by atoms with van der Waals surface area (Å²) in [5.74, 6) is -0.0133. The minimum Gasteiger partial charge on any atom is -0.495 e. The van der Waals surface area contributed by atoms with E-state index in [0.717, 1.165) is 19.3 Å². The Morgan fingerprint density at radius 3 is 2.41 bits per heavy atom. The van der Waals surface area contributed by atoms with Crippen LogP contribution in [-0.4, -0.2) is 24.7 Å². The van der Waals surface area contributed by atoms with E-state index in [9.17, 15) is 14.4 Å². The van der Waals surface area contributed by atoms with Gasteiger partial charge in [0.05, 0.1) is 12.8 Å². The van der Waals surface area contributed by atoms with Gasteiger partial charge in [-0.15, -0.1) is 0 Å². The van der Waals surface area contributed by atoms with Gasteiger partial charge >= 0.3 is 0 Å². The molecule has 0 spiro atoms. The number of anilines is 2. The number of carbonyl (C=O) groups is 3. The highest BCUT2D eigenvalue weighted by molar-refractivity contribution is 6.00. The first-order valence-electron chi connectivity index (χ1n) is 9.87. The zero-order valence-electron chi connectivity index (χ0n) is 16.8. The zero-order chi connectivity index (χ0) is 20.8. The number of aryl methyl sites for hydroxylation is 2. The fourth-order valence-corrected chi connectivity index (χ4v) is 3.57. The number of rotatable bonds is 7. The van der Waals surface area contributed by atoms with Gasteiger partial charge in [0.15, 0.2) is 5.78 Å². The molecular formula is C23H26N2O4. The Bertz CT molecular complexity index is 936. The molecule has 2 N–H and O–H groups in total. The topological polar surface area (TPSA) is 84.5 Å². The lowest BCUT2D eigenvalue weighted by atomic mass is 9.89. The number of fused-ring (bicyclic) bond motifs is 1. The Hall–Kier alpha value is -3.15. The van der Waals surface area contributed by atoms with Crippen molar-refractivity contribution in [3.63, 3.8) is 0 Å². The zero-order valence-corrected chi connectivity index (χ0v) is 16.8. The lowest BCUT2D eigenvalue weighted by Gasteiger charge is -2.16. The standard InChI is InChI=1S/C23H26N2O4/c1-15(26)24-20-14-19(9-11-22(20)29-2)25-23(28)12-10-21(27)18-8-7-16-5-3-4-6-17(16)13-18/h7-9,11,13-14H,3-6,10,12H2,1-2H3,(H,24,26)(H,25,28). The summed E-state index contributed by atoms with van der Waals surface area (Å²) in [5.41, 5.74) is 4.27. The maximum atomic E-state index is 12.5. The predicted molar refractivity (Wildman–Crippen MR) is 113 cm³/mol. The molecule has 0 heterocycles. The van der Waals surface area contributed by atoms with Gasteiger partial charge in [0.25, 0.3) is 0 Å². The highest BCUT2D eigenvalue weighted by Gasteiger charge is 2.15. The third-order valence-electron chi connectivity index (χ3n) is 5.04. The van der Waals surface area contributed by atoms with E-state index in [1.54, 1.807) is 18.2 Å². The van der Waals surface area contributed by atoms with Crippen LogP contribution in [0.25, 0.3) is 0 Å². The Labute approximate surface area is 170 Å². The number of hydrogen-bond donors (Lipinski definition) is 2. The third kappa shape index (κ3) is 5.44. The van der Waals surface area contributed by atoms with E-state index in [-0.39, 0.29) is 30.4 Å². The summed E-state index contributed by atoms with van der Waals surface area (Å²) >= 11 is 0. The summed E-state index contributed by atoms with van der Waals surface area (Å²) in [5, 5.41) is 5.43. The number of hydrogen-bond acceptors (Lipinski definition) is 4. The number of methoxy groups -OCH3 is 1. The third-order valence-corrected chi connectivity index (χ3v) is 5.04. The van der Waals surface area contributed by atoms with Crippen LogP contribution in [0.4, 0.5) is 11.4 Å². The molecule has 0 aromatic heterocycles. The summed E-state index contributed by atoms with van der Waals surface area (Å²) in [4.78, 5) is 36.1. The molecule has 29 heavy (non-hydrogen) atoms. The number of nitrogens with one attached hydrogen (secondary N) is 2. The van der Waals surface area contributed by atoms with Crippen LogP contribution in [0.15, 0.2) is 36.4 Å². The van der Waals surface area contributed by atoms with Crippen LogP contribution in [0, 0.1) is 0 Å². The number of carbonyl (C=O) groups excluding carboxylic acids is 3. The first kappa shape index (κ1) is 20.6. The van der Waals surface area contributed by atoms with E-state index in [2.05, 4.69) is 10.6 Å². The molecule has 1 aliphatic rings. The molecule has 152 valence electrons. The Kier molecular flexibility index (Phi) is 6.65. The molecule has 3 rings (SSSR count). The van der Waals surface area contributed by atoms with Gasteiger partial charge < -0.3 is 15.4 Å². The average Bonchev–Trinajstić information content (AvgIpc) is 2.71. The van der Waals surface area contributed by atoms with Crippen molar-refractivity contribution in [2.45, 2.75) is 45.4 Å². The smallest absolute Gasteiger partial charge is 0.224 e. The Morgan fingerprint density at radius 2 is 1.69 bits per heavy atom. The number of Topliss-reactive ketones (excluding diaryl/α,β-unsaturated/α-hetero) is 1. The van der Waals surface area contributed by atoms with E-state index < -0.39 is 0 Å². The molecule has 0 fully saturated rings. The summed E-state index contributed by atoms with van der Waals surface area (Å²) in [6.07, 6.45) is 4.71. The number of amides is 2. The first-order chi connectivity index (χ1) is 14.0. The molecule has 0 saturated heterocycles. The normalized spacial score (nSPS) is 12.6. The van der Waals surface area contributed by atoms with Gasteiger partial charge in [-0.25, -0.2) is 0 Å². The largest absolute Gasteiger partial charge is 0.495 e. The van der Waals surface area contributed by atoms with Gasteiger partial charge in [0.1, 0.15) is 5.75 Å². The molecule has 0 unspecified atom stereocenters. The summed E-state index contributed by atoms with van der Waals surface area (Å²) in [6.45, 7) is 1.40. The van der Waals surface area contributed by atoms with Crippen LogP contribution in [0.5, 0.6) is 5.75 Å². The summed E-state index contributed by atoms with van der Waals surface area (Å²) in [6, 6.07) is 10.9.